The molecule has 1 unspecified atom stereocenters. The Hall–Kier alpha value is -0.710. The number of nitrogens with zero attached hydrogens (tertiary/aromatic N) is 1. The number of piperidine rings is 1. The van der Waals surface area contributed by atoms with Gasteiger partial charge in [0, 0.05) is 18.0 Å². The lowest BCUT2D eigenvalue weighted by molar-refractivity contribution is 0.0668. The molecule has 0 aliphatic carbocycles. The van der Waals surface area contributed by atoms with E-state index in [1.807, 2.05) is 6.07 Å². The maximum absolute atomic E-state index is 9.67. The van der Waals surface area contributed by atoms with Crippen molar-refractivity contribution in [2.75, 3.05) is 26.5 Å². The van der Waals surface area contributed by atoms with E-state index in [0.29, 0.717) is 0 Å². The first-order valence-electron chi connectivity index (χ1n) is 6.34. The molecule has 0 aromatic heterocycles. The van der Waals surface area contributed by atoms with Crippen molar-refractivity contribution in [2.45, 2.75) is 30.4 Å². The van der Waals surface area contributed by atoms with E-state index >= 15 is 0 Å². The molecule has 1 fully saturated rings. The van der Waals surface area contributed by atoms with Crippen molar-refractivity contribution in [2.24, 2.45) is 0 Å². The number of aliphatic hydroxyl groups excluding tert-OH is 1. The Labute approximate surface area is 113 Å². The predicted molar refractivity (Wildman–Crippen MR) is 75.3 cm³/mol. The van der Waals surface area contributed by atoms with Crippen LogP contribution in [0.1, 0.15) is 18.4 Å². The molecule has 1 N–H and O–H groups in total. The summed E-state index contributed by atoms with van der Waals surface area (Å²) in [5.41, 5.74) is 1.29. The van der Waals surface area contributed by atoms with Gasteiger partial charge in [0.1, 0.15) is 5.75 Å². The molecule has 0 spiro atoms. The minimum absolute atomic E-state index is 0.156. The van der Waals surface area contributed by atoms with Crippen LogP contribution in [0.25, 0.3) is 0 Å². The predicted octanol–water partition coefficient (Wildman–Crippen LogP) is 2.37. The molecule has 1 atom stereocenters. The van der Waals surface area contributed by atoms with Gasteiger partial charge in [-0.1, -0.05) is 6.07 Å². The number of thioether (sulfide) groups is 1. The van der Waals surface area contributed by atoms with Crippen LogP contribution in [0, 0.1) is 0 Å². The second-order valence-electron chi connectivity index (χ2n) is 4.72. The van der Waals surface area contributed by atoms with Crippen LogP contribution in [0.5, 0.6) is 5.75 Å². The van der Waals surface area contributed by atoms with Crippen LogP contribution in [-0.4, -0.2) is 42.6 Å². The van der Waals surface area contributed by atoms with E-state index in [-0.39, 0.29) is 6.10 Å². The minimum Gasteiger partial charge on any atom is -0.496 e. The quantitative estimate of drug-likeness (QED) is 0.849. The van der Waals surface area contributed by atoms with Crippen molar-refractivity contribution < 1.29 is 9.84 Å². The SMILES string of the molecule is COc1ccc(CN2CCCC(O)C2)cc1SC. The van der Waals surface area contributed by atoms with Gasteiger partial charge in [-0.3, -0.25) is 4.90 Å². The second kappa shape index (κ2) is 6.45. The summed E-state index contributed by atoms with van der Waals surface area (Å²) in [6.45, 7) is 2.78. The van der Waals surface area contributed by atoms with E-state index in [0.717, 1.165) is 38.2 Å². The lowest BCUT2D eigenvalue weighted by atomic mass is 10.1. The summed E-state index contributed by atoms with van der Waals surface area (Å²) in [6.07, 6.45) is 3.94. The molecular formula is C14H21NO2S. The number of methoxy groups -OCH3 is 1. The van der Waals surface area contributed by atoms with Gasteiger partial charge in [-0.05, 0) is 43.3 Å². The van der Waals surface area contributed by atoms with Crippen molar-refractivity contribution in [3.63, 3.8) is 0 Å². The van der Waals surface area contributed by atoms with Crippen molar-refractivity contribution in [3.8, 4) is 5.75 Å². The molecule has 0 bridgehead atoms. The summed E-state index contributed by atoms with van der Waals surface area (Å²) in [4.78, 5) is 3.49. The third-order valence-corrected chi connectivity index (χ3v) is 4.09. The van der Waals surface area contributed by atoms with Crippen LogP contribution in [-0.2, 0) is 6.54 Å². The maximum Gasteiger partial charge on any atom is 0.132 e. The van der Waals surface area contributed by atoms with Crippen molar-refractivity contribution in [1.29, 1.82) is 0 Å². The Balaban J connectivity index is 2.04. The fourth-order valence-electron chi connectivity index (χ4n) is 2.41. The molecule has 18 heavy (non-hydrogen) atoms. The Morgan fingerprint density at radius 2 is 2.33 bits per heavy atom. The van der Waals surface area contributed by atoms with E-state index in [2.05, 4.69) is 23.3 Å². The topological polar surface area (TPSA) is 32.7 Å². The fraction of sp³-hybridized carbons (Fsp3) is 0.571. The second-order valence-corrected chi connectivity index (χ2v) is 5.57. The Morgan fingerprint density at radius 3 is 3.00 bits per heavy atom. The zero-order chi connectivity index (χ0) is 13.0. The highest BCUT2D eigenvalue weighted by molar-refractivity contribution is 7.98. The molecule has 100 valence electrons. The average molecular weight is 267 g/mol. The van der Waals surface area contributed by atoms with Crippen LogP contribution in [0.2, 0.25) is 0 Å². The minimum atomic E-state index is -0.156. The molecule has 4 heteroatoms. The number of likely N-dealkylation sites (tertiary alicyclic amines) is 1. The molecule has 1 aromatic carbocycles. The molecular weight excluding hydrogens is 246 g/mol. The van der Waals surface area contributed by atoms with Gasteiger partial charge in [-0.2, -0.15) is 0 Å². The summed E-state index contributed by atoms with van der Waals surface area (Å²) >= 11 is 1.70. The van der Waals surface area contributed by atoms with Gasteiger partial charge in [0.25, 0.3) is 0 Å². The largest absolute Gasteiger partial charge is 0.496 e. The van der Waals surface area contributed by atoms with Crippen molar-refractivity contribution >= 4 is 11.8 Å². The summed E-state index contributed by atoms with van der Waals surface area (Å²) in [5, 5.41) is 9.67. The molecule has 3 nitrogen and oxygen atoms in total. The van der Waals surface area contributed by atoms with Crippen LogP contribution >= 0.6 is 11.8 Å². The molecule has 1 aliphatic rings. The van der Waals surface area contributed by atoms with E-state index in [4.69, 9.17) is 4.74 Å². The molecule has 1 saturated heterocycles. The first kappa shape index (κ1) is 13.7. The van der Waals surface area contributed by atoms with Crippen molar-refractivity contribution in [1.82, 2.24) is 4.90 Å². The number of hydrogen-bond donors (Lipinski definition) is 1. The van der Waals surface area contributed by atoms with Gasteiger partial charge in [-0.15, -0.1) is 11.8 Å². The van der Waals surface area contributed by atoms with E-state index < -0.39 is 0 Å². The number of hydrogen-bond acceptors (Lipinski definition) is 4. The Bertz CT molecular complexity index is 397. The summed E-state index contributed by atoms with van der Waals surface area (Å²) < 4.78 is 5.32. The number of rotatable bonds is 4. The molecule has 2 rings (SSSR count). The molecule has 0 radical (unpaired) electrons. The number of aliphatic hydroxyl groups is 1. The van der Waals surface area contributed by atoms with Crippen LogP contribution in [0.4, 0.5) is 0 Å². The highest BCUT2D eigenvalue weighted by atomic mass is 32.2. The summed E-state index contributed by atoms with van der Waals surface area (Å²) in [6, 6.07) is 6.32. The zero-order valence-corrected chi connectivity index (χ0v) is 11.9. The van der Waals surface area contributed by atoms with Crippen molar-refractivity contribution in [3.05, 3.63) is 23.8 Å². The zero-order valence-electron chi connectivity index (χ0n) is 11.1. The van der Waals surface area contributed by atoms with Gasteiger partial charge in [0.15, 0.2) is 0 Å². The average Bonchev–Trinajstić information content (AvgIpc) is 2.38. The number of ether oxygens (including phenoxy) is 1. The van der Waals surface area contributed by atoms with Crippen LogP contribution < -0.4 is 4.74 Å². The molecule has 0 amide bonds. The normalized spacial score (nSPS) is 20.9. The van der Waals surface area contributed by atoms with Crippen LogP contribution in [0.3, 0.4) is 0 Å². The Kier molecular flexibility index (Phi) is 4.92. The molecule has 1 heterocycles. The van der Waals surface area contributed by atoms with Gasteiger partial charge in [-0.25, -0.2) is 0 Å². The van der Waals surface area contributed by atoms with Gasteiger partial charge >= 0.3 is 0 Å². The van der Waals surface area contributed by atoms with Gasteiger partial charge in [0.05, 0.1) is 13.2 Å². The van der Waals surface area contributed by atoms with E-state index in [9.17, 15) is 5.11 Å². The van der Waals surface area contributed by atoms with Crippen LogP contribution in [0.15, 0.2) is 23.1 Å². The first-order valence-corrected chi connectivity index (χ1v) is 7.56. The standard InChI is InChI=1S/C14H21NO2S/c1-17-13-6-5-11(8-14(13)18-2)9-15-7-3-4-12(16)10-15/h5-6,8,12,16H,3-4,7,9-10H2,1-2H3. The smallest absolute Gasteiger partial charge is 0.132 e. The van der Waals surface area contributed by atoms with E-state index in [1.54, 1.807) is 18.9 Å². The maximum atomic E-state index is 9.67. The highest BCUT2D eigenvalue weighted by Gasteiger charge is 2.17. The van der Waals surface area contributed by atoms with E-state index in [1.165, 1.54) is 10.5 Å². The van der Waals surface area contributed by atoms with Gasteiger partial charge < -0.3 is 9.84 Å². The monoisotopic (exact) mass is 267 g/mol. The van der Waals surface area contributed by atoms with Gasteiger partial charge in [0.2, 0.25) is 0 Å². The lowest BCUT2D eigenvalue weighted by Crippen LogP contribution is -2.37. The lowest BCUT2D eigenvalue weighted by Gasteiger charge is -2.30. The first-order chi connectivity index (χ1) is 8.72. The highest BCUT2D eigenvalue weighted by Crippen LogP contribution is 2.29. The fourth-order valence-corrected chi connectivity index (χ4v) is 3.03. The summed E-state index contributed by atoms with van der Waals surface area (Å²) in [5.74, 6) is 0.935. The molecule has 1 aromatic rings. The molecule has 1 aliphatic heterocycles. The Morgan fingerprint density at radius 1 is 1.50 bits per heavy atom. The third-order valence-electron chi connectivity index (χ3n) is 3.33. The summed E-state index contributed by atoms with van der Waals surface area (Å²) in [7, 11) is 1.70. The molecule has 0 saturated carbocycles. The number of β-amino-alcohol motifs (C(OH)–C–C–N with tert-alkyl or cyclic N) is 1. The third kappa shape index (κ3) is 3.40. The number of benzene rings is 1.